The summed E-state index contributed by atoms with van der Waals surface area (Å²) in [5.74, 6) is 1.70. The van der Waals surface area contributed by atoms with Gasteiger partial charge in [0.1, 0.15) is 6.04 Å². The maximum atomic E-state index is 12.0. The number of fused-ring (bicyclic) bond motifs is 1. The van der Waals surface area contributed by atoms with E-state index in [0.29, 0.717) is 17.7 Å². The molecule has 0 aliphatic rings. The largest absolute Gasteiger partial charge is 0.423 e. The Hall–Kier alpha value is -2.57. The number of benzene rings is 1. The number of hydrogen-bond acceptors (Lipinski definition) is 5. The number of anilines is 1. The molecule has 0 bridgehead atoms. The summed E-state index contributed by atoms with van der Waals surface area (Å²) in [4.78, 5) is 12.0. The molecule has 3 aromatic rings. The van der Waals surface area contributed by atoms with Crippen LogP contribution in [-0.4, -0.2) is 19.3 Å². The minimum absolute atomic E-state index is 0.0366. The van der Waals surface area contributed by atoms with E-state index in [2.05, 4.69) is 29.4 Å². The second-order valence-corrected chi connectivity index (χ2v) is 6.60. The first-order valence-electron chi connectivity index (χ1n) is 8.11. The number of aromatic nitrogens is 4. The van der Waals surface area contributed by atoms with Crippen molar-refractivity contribution in [3.05, 3.63) is 40.5 Å². The molecule has 0 spiro atoms. The second kappa shape index (κ2) is 6.14. The highest BCUT2D eigenvalue weighted by Crippen LogP contribution is 2.22. The van der Waals surface area contributed by atoms with Crippen LogP contribution in [0.3, 0.4) is 0 Å². The molecular formula is C17H23N5O2. The van der Waals surface area contributed by atoms with Crippen LogP contribution < -0.4 is 11.0 Å². The van der Waals surface area contributed by atoms with Crippen molar-refractivity contribution in [1.29, 1.82) is 0 Å². The Labute approximate surface area is 140 Å². The van der Waals surface area contributed by atoms with Gasteiger partial charge in [0, 0.05) is 26.2 Å². The first-order valence-corrected chi connectivity index (χ1v) is 8.11. The molecule has 128 valence electrons. The van der Waals surface area contributed by atoms with Crippen molar-refractivity contribution in [2.75, 3.05) is 5.32 Å². The molecule has 2 heterocycles. The van der Waals surface area contributed by atoms with Gasteiger partial charge in [-0.05, 0) is 31.0 Å². The molecule has 3 rings (SSSR count). The first kappa shape index (κ1) is 16.3. The van der Waals surface area contributed by atoms with Crippen LogP contribution in [0.5, 0.6) is 0 Å². The van der Waals surface area contributed by atoms with Gasteiger partial charge >= 0.3 is 5.69 Å². The third-order valence-corrected chi connectivity index (χ3v) is 4.09. The van der Waals surface area contributed by atoms with E-state index >= 15 is 0 Å². The van der Waals surface area contributed by atoms with E-state index in [1.165, 1.54) is 0 Å². The highest BCUT2D eigenvalue weighted by molar-refractivity contribution is 5.80. The van der Waals surface area contributed by atoms with E-state index in [1.807, 2.05) is 25.1 Å². The molecule has 0 saturated carbocycles. The van der Waals surface area contributed by atoms with Gasteiger partial charge in [0.25, 0.3) is 0 Å². The molecule has 0 unspecified atom stereocenters. The lowest BCUT2D eigenvalue weighted by Crippen LogP contribution is -2.19. The van der Waals surface area contributed by atoms with Crippen molar-refractivity contribution in [2.24, 2.45) is 20.0 Å². The fourth-order valence-corrected chi connectivity index (χ4v) is 2.78. The maximum Gasteiger partial charge on any atom is 0.328 e. The molecule has 0 amide bonds. The third kappa shape index (κ3) is 2.93. The maximum absolute atomic E-state index is 12.0. The number of nitrogens with one attached hydrogen (secondary N) is 1. The predicted molar refractivity (Wildman–Crippen MR) is 93.0 cm³/mol. The summed E-state index contributed by atoms with van der Waals surface area (Å²) in [6.07, 6.45) is 0.776. The normalized spacial score (nSPS) is 12.9. The Morgan fingerprint density at radius 3 is 2.54 bits per heavy atom. The van der Waals surface area contributed by atoms with Crippen LogP contribution in [0.4, 0.5) is 5.69 Å². The molecule has 0 radical (unpaired) electrons. The van der Waals surface area contributed by atoms with Gasteiger partial charge in [-0.25, -0.2) is 4.79 Å². The Bertz CT molecular complexity index is 919. The SMILES string of the molecule is CC(C)Cc1nnc([C@@H](C)Nc2ccc3c(c2)n(C)c(=O)n3C)o1. The zero-order valence-corrected chi connectivity index (χ0v) is 14.7. The fourth-order valence-electron chi connectivity index (χ4n) is 2.78. The zero-order chi connectivity index (χ0) is 17.4. The van der Waals surface area contributed by atoms with Crippen LogP contribution >= 0.6 is 0 Å². The highest BCUT2D eigenvalue weighted by Gasteiger charge is 2.15. The van der Waals surface area contributed by atoms with Gasteiger partial charge in [-0.1, -0.05) is 13.8 Å². The van der Waals surface area contributed by atoms with Crippen molar-refractivity contribution < 1.29 is 4.42 Å². The summed E-state index contributed by atoms with van der Waals surface area (Å²) in [5.41, 5.74) is 2.65. The molecule has 0 saturated heterocycles. The van der Waals surface area contributed by atoms with Gasteiger partial charge < -0.3 is 9.73 Å². The Morgan fingerprint density at radius 1 is 1.12 bits per heavy atom. The molecule has 7 nitrogen and oxygen atoms in total. The van der Waals surface area contributed by atoms with Crippen LogP contribution in [0.15, 0.2) is 27.4 Å². The van der Waals surface area contributed by atoms with Gasteiger partial charge in [0.05, 0.1) is 11.0 Å². The average molecular weight is 329 g/mol. The van der Waals surface area contributed by atoms with E-state index in [1.54, 1.807) is 23.2 Å². The number of imidazole rings is 1. The van der Waals surface area contributed by atoms with Gasteiger partial charge in [0.15, 0.2) is 0 Å². The Morgan fingerprint density at radius 2 is 1.83 bits per heavy atom. The second-order valence-electron chi connectivity index (χ2n) is 6.60. The Balaban J connectivity index is 1.82. The smallest absolute Gasteiger partial charge is 0.328 e. The topological polar surface area (TPSA) is 77.9 Å². The lowest BCUT2D eigenvalue weighted by atomic mass is 10.1. The van der Waals surface area contributed by atoms with E-state index in [0.717, 1.165) is 23.1 Å². The molecule has 0 aliphatic carbocycles. The van der Waals surface area contributed by atoms with Gasteiger partial charge in [-0.15, -0.1) is 10.2 Å². The zero-order valence-electron chi connectivity index (χ0n) is 14.7. The van der Waals surface area contributed by atoms with Crippen LogP contribution in [0.25, 0.3) is 11.0 Å². The van der Waals surface area contributed by atoms with Gasteiger partial charge in [-0.3, -0.25) is 9.13 Å². The van der Waals surface area contributed by atoms with E-state index in [9.17, 15) is 4.79 Å². The molecule has 1 aromatic carbocycles. The summed E-state index contributed by atoms with van der Waals surface area (Å²) in [5, 5.41) is 11.6. The molecule has 7 heteroatoms. The molecule has 1 N–H and O–H groups in total. The van der Waals surface area contributed by atoms with Crippen molar-refractivity contribution in [3.8, 4) is 0 Å². The van der Waals surface area contributed by atoms with Crippen LogP contribution in [0, 0.1) is 5.92 Å². The number of hydrogen-bond donors (Lipinski definition) is 1. The molecule has 24 heavy (non-hydrogen) atoms. The average Bonchev–Trinajstić information content (AvgIpc) is 3.07. The molecule has 0 fully saturated rings. The van der Waals surface area contributed by atoms with Gasteiger partial charge in [-0.2, -0.15) is 0 Å². The standard InChI is InChI=1S/C17H23N5O2/c1-10(2)8-15-19-20-16(24-15)11(3)18-12-6-7-13-14(9-12)22(5)17(23)21(13)4/h6-7,9-11,18H,8H2,1-5H3/t11-/m1/s1. The minimum Gasteiger partial charge on any atom is -0.423 e. The lowest BCUT2D eigenvalue weighted by molar-refractivity contribution is 0.414. The van der Waals surface area contributed by atoms with Crippen LogP contribution in [-0.2, 0) is 20.5 Å². The first-order chi connectivity index (χ1) is 11.4. The molecule has 0 aliphatic heterocycles. The molecule has 1 atom stereocenters. The number of aryl methyl sites for hydroxylation is 2. The summed E-state index contributed by atoms with van der Waals surface area (Å²) < 4.78 is 8.99. The summed E-state index contributed by atoms with van der Waals surface area (Å²) in [6, 6.07) is 5.73. The van der Waals surface area contributed by atoms with Crippen LogP contribution in [0.2, 0.25) is 0 Å². The predicted octanol–water partition coefficient (Wildman–Crippen LogP) is 2.63. The van der Waals surface area contributed by atoms with Crippen LogP contribution in [0.1, 0.15) is 38.6 Å². The van der Waals surface area contributed by atoms with Crippen molar-refractivity contribution >= 4 is 16.7 Å². The quantitative estimate of drug-likeness (QED) is 0.778. The summed E-state index contributed by atoms with van der Waals surface area (Å²) >= 11 is 0. The van der Waals surface area contributed by atoms with Crippen molar-refractivity contribution in [1.82, 2.24) is 19.3 Å². The van der Waals surface area contributed by atoms with E-state index < -0.39 is 0 Å². The Kier molecular flexibility index (Phi) is 4.17. The van der Waals surface area contributed by atoms with Crippen molar-refractivity contribution in [2.45, 2.75) is 33.2 Å². The number of nitrogens with zero attached hydrogens (tertiary/aromatic N) is 4. The highest BCUT2D eigenvalue weighted by atomic mass is 16.4. The van der Waals surface area contributed by atoms with E-state index in [4.69, 9.17) is 4.42 Å². The summed E-state index contributed by atoms with van der Waals surface area (Å²) in [7, 11) is 3.54. The number of rotatable bonds is 5. The van der Waals surface area contributed by atoms with Gasteiger partial charge in [0.2, 0.25) is 11.8 Å². The monoisotopic (exact) mass is 329 g/mol. The van der Waals surface area contributed by atoms with E-state index in [-0.39, 0.29) is 11.7 Å². The minimum atomic E-state index is -0.114. The molecule has 2 aromatic heterocycles. The summed E-state index contributed by atoms with van der Waals surface area (Å²) in [6.45, 7) is 6.21. The lowest BCUT2D eigenvalue weighted by Gasteiger charge is -2.11. The molecular weight excluding hydrogens is 306 g/mol. The third-order valence-electron chi connectivity index (χ3n) is 4.09. The fraction of sp³-hybridized carbons (Fsp3) is 0.471. The van der Waals surface area contributed by atoms with Crippen molar-refractivity contribution in [3.63, 3.8) is 0 Å².